The quantitative estimate of drug-likeness (QED) is 0.727. The zero-order valence-electron chi connectivity index (χ0n) is 13.8. The summed E-state index contributed by atoms with van der Waals surface area (Å²) in [5.74, 6) is 1.31. The highest BCUT2D eigenvalue weighted by Crippen LogP contribution is 2.21. The van der Waals surface area contributed by atoms with Crippen molar-refractivity contribution in [3.63, 3.8) is 0 Å². The van der Waals surface area contributed by atoms with E-state index in [-0.39, 0.29) is 17.2 Å². The van der Waals surface area contributed by atoms with Crippen molar-refractivity contribution in [1.82, 2.24) is 14.9 Å². The molecule has 0 bridgehead atoms. The standard InChI is InChI=1S/C17H17N3O4S/c1-12-17(13(2)24-20-12)25(21,22)19-11-14-6-5-7-15(10-14)23-16-8-3-4-9-18-16/h3-10,19H,11H2,1-2H3. The van der Waals surface area contributed by atoms with Crippen molar-refractivity contribution < 1.29 is 17.7 Å². The van der Waals surface area contributed by atoms with Crippen LogP contribution < -0.4 is 9.46 Å². The number of aromatic nitrogens is 2. The molecular formula is C17H17N3O4S. The molecule has 0 fully saturated rings. The Bertz CT molecular complexity index is 949. The van der Waals surface area contributed by atoms with E-state index in [4.69, 9.17) is 9.26 Å². The highest BCUT2D eigenvalue weighted by atomic mass is 32.2. The van der Waals surface area contributed by atoms with Gasteiger partial charge in [0.15, 0.2) is 5.76 Å². The van der Waals surface area contributed by atoms with E-state index in [9.17, 15) is 8.42 Å². The first-order valence-electron chi connectivity index (χ1n) is 7.56. The van der Waals surface area contributed by atoms with Gasteiger partial charge in [0.2, 0.25) is 15.9 Å². The van der Waals surface area contributed by atoms with Crippen molar-refractivity contribution in [2.45, 2.75) is 25.3 Å². The summed E-state index contributed by atoms with van der Waals surface area (Å²) in [4.78, 5) is 4.17. The Kier molecular flexibility index (Phi) is 4.82. The second kappa shape index (κ2) is 7.04. The molecule has 0 saturated heterocycles. The number of pyridine rings is 1. The maximum Gasteiger partial charge on any atom is 0.246 e. The summed E-state index contributed by atoms with van der Waals surface area (Å²) in [5, 5.41) is 3.68. The second-order valence-corrected chi connectivity index (χ2v) is 7.10. The van der Waals surface area contributed by atoms with Crippen LogP contribution in [0.1, 0.15) is 17.0 Å². The van der Waals surface area contributed by atoms with Gasteiger partial charge in [-0.1, -0.05) is 23.4 Å². The van der Waals surface area contributed by atoms with Crippen molar-refractivity contribution in [1.29, 1.82) is 0 Å². The number of hydrogen-bond acceptors (Lipinski definition) is 6. The molecule has 1 aromatic carbocycles. The van der Waals surface area contributed by atoms with E-state index in [1.807, 2.05) is 6.07 Å². The smallest absolute Gasteiger partial charge is 0.246 e. The Morgan fingerprint density at radius 3 is 2.68 bits per heavy atom. The molecule has 0 saturated carbocycles. The average Bonchev–Trinajstić information content (AvgIpc) is 2.94. The third kappa shape index (κ3) is 4.04. The van der Waals surface area contributed by atoms with Crippen LogP contribution in [0.3, 0.4) is 0 Å². The van der Waals surface area contributed by atoms with Gasteiger partial charge in [0.25, 0.3) is 0 Å². The van der Waals surface area contributed by atoms with Crippen LogP contribution in [-0.4, -0.2) is 18.6 Å². The summed E-state index contributed by atoms with van der Waals surface area (Å²) in [6.07, 6.45) is 1.64. The first kappa shape index (κ1) is 17.1. The van der Waals surface area contributed by atoms with Crippen molar-refractivity contribution in [2.24, 2.45) is 0 Å². The van der Waals surface area contributed by atoms with E-state index in [1.165, 1.54) is 0 Å². The summed E-state index contributed by atoms with van der Waals surface area (Å²) < 4.78 is 38.0. The van der Waals surface area contributed by atoms with Gasteiger partial charge in [-0.05, 0) is 37.6 Å². The molecule has 25 heavy (non-hydrogen) atoms. The van der Waals surface area contributed by atoms with E-state index in [0.29, 0.717) is 17.3 Å². The number of hydrogen-bond donors (Lipinski definition) is 1. The van der Waals surface area contributed by atoms with Crippen LogP contribution in [0, 0.1) is 13.8 Å². The molecule has 0 atom stereocenters. The molecule has 3 aromatic rings. The van der Waals surface area contributed by atoms with Gasteiger partial charge in [-0.2, -0.15) is 0 Å². The fourth-order valence-corrected chi connectivity index (χ4v) is 3.70. The summed E-state index contributed by atoms with van der Waals surface area (Å²) in [7, 11) is -3.71. The van der Waals surface area contributed by atoms with Gasteiger partial charge in [0, 0.05) is 18.8 Å². The molecule has 0 unspecified atom stereocenters. The zero-order valence-corrected chi connectivity index (χ0v) is 14.6. The Labute approximate surface area is 145 Å². The van der Waals surface area contributed by atoms with Crippen LogP contribution >= 0.6 is 0 Å². The molecule has 1 N–H and O–H groups in total. The maximum absolute atomic E-state index is 12.4. The molecule has 3 rings (SSSR count). The third-order valence-corrected chi connectivity index (χ3v) is 5.11. The molecule has 2 heterocycles. The highest BCUT2D eigenvalue weighted by molar-refractivity contribution is 7.89. The van der Waals surface area contributed by atoms with Crippen LogP contribution in [0.2, 0.25) is 0 Å². The molecule has 0 amide bonds. The first-order valence-corrected chi connectivity index (χ1v) is 9.04. The van der Waals surface area contributed by atoms with E-state index in [2.05, 4.69) is 14.9 Å². The SMILES string of the molecule is Cc1noc(C)c1S(=O)(=O)NCc1cccc(Oc2ccccn2)c1. The van der Waals surface area contributed by atoms with Gasteiger partial charge in [-0.25, -0.2) is 18.1 Å². The Hall–Kier alpha value is -2.71. The number of benzene rings is 1. The average molecular weight is 359 g/mol. The van der Waals surface area contributed by atoms with E-state index < -0.39 is 10.0 Å². The molecule has 0 aliphatic carbocycles. The normalized spacial score (nSPS) is 11.4. The maximum atomic E-state index is 12.4. The zero-order chi connectivity index (χ0) is 17.9. The summed E-state index contributed by atoms with van der Waals surface area (Å²) >= 11 is 0. The third-order valence-electron chi connectivity index (χ3n) is 3.46. The second-order valence-electron chi connectivity index (χ2n) is 5.40. The topological polar surface area (TPSA) is 94.3 Å². The molecule has 0 aliphatic heterocycles. The van der Waals surface area contributed by atoms with Crippen molar-refractivity contribution in [3.8, 4) is 11.6 Å². The van der Waals surface area contributed by atoms with Gasteiger partial charge in [-0.3, -0.25) is 0 Å². The number of aryl methyl sites for hydroxylation is 2. The number of sulfonamides is 1. The van der Waals surface area contributed by atoms with Crippen LogP contribution in [0.5, 0.6) is 11.6 Å². The Balaban J connectivity index is 1.72. The lowest BCUT2D eigenvalue weighted by Gasteiger charge is -2.08. The largest absolute Gasteiger partial charge is 0.439 e. The molecule has 8 heteroatoms. The van der Waals surface area contributed by atoms with Crippen LogP contribution in [0.25, 0.3) is 0 Å². The van der Waals surface area contributed by atoms with Gasteiger partial charge < -0.3 is 9.26 Å². The van der Waals surface area contributed by atoms with Gasteiger partial charge in [-0.15, -0.1) is 0 Å². The highest BCUT2D eigenvalue weighted by Gasteiger charge is 2.23. The van der Waals surface area contributed by atoms with Gasteiger partial charge in [0.05, 0.1) is 0 Å². The fourth-order valence-electron chi connectivity index (χ4n) is 2.36. The minimum atomic E-state index is -3.71. The van der Waals surface area contributed by atoms with Crippen LogP contribution in [-0.2, 0) is 16.6 Å². The minimum Gasteiger partial charge on any atom is -0.439 e. The predicted molar refractivity (Wildman–Crippen MR) is 90.8 cm³/mol. The van der Waals surface area contributed by atoms with Crippen molar-refractivity contribution >= 4 is 10.0 Å². The van der Waals surface area contributed by atoms with E-state index in [0.717, 1.165) is 5.56 Å². The molecule has 130 valence electrons. The fraction of sp³-hybridized carbons (Fsp3) is 0.176. The molecule has 7 nitrogen and oxygen atoms in total. The van der Waals surface area contributed by atoms with Crippen LogP contribution in [0.4, 0.5) is 0 Å². The number of ether oxygens (including phenoxy) is 1. The summed E-state index contributed by atoms with van der Waals surface area (Å²) in [6, 6.07) is 12.5. The van der Waals surface area contributed by atoms with Gasteiger partial charge in [0.1, 0.15) is 16.3 Å². The number of rotatable bonds is 6. The minimum absolute atomic E-state index is 0.0772. The van der Waals surface area contributed by atoms with Crippen molar-refractivity contribution in [3.05, 3.63) is 65.7 Å². The van der Waals surface area contributed by atoms with Gasteiger partial charge >= 0.3 is 0 Å². The lowest BCUT2D eigenvalue weighted by molar-refractivity contribution is 0.390. The van der Waals surface area contributed by atoms with Crippen molar-refractivity contribution in [2.75, 3.05) is 0 Å². The predicted octanol–water partition coefficient (Wildman–Crippen LogP) is 2.96. The number of nitrogens with one attached hydrogen (secondary N) is 1. The Morgan fingerprint density at radius 1 is 1.16 bits per heavy atom. The molecule has 0 radical (unpaired) electrons. The first-order chi connectivity index (χ1) is 12.0. The lowest BCUT2D eigenvalue weighted by atomic mass is 10.2. The monoisotopic (exact) mass is 359 g/mol. The summed E-state index contributed by atoms with van der Waals surface area (Å²) in [5.41, 5.74) is 1.08. The van der Waals surface area contributed by atoms with E-state index >= 15 is 0 Å². The van der Waals surface area contributed by atoms with Crippen LogP contribution in [0.15, 0.2) is 58.1 Å². The number of nitrogens with zero attached hydrogens (tertiary/aromatic N) is 2. The lowest BCUT2D eigenvalue weighted by Crippen LogP contribution is -2.24. The van der Waals surface area contributed by atoms with E-state index in [1.54, 1.807) is 56.4 Å². The molecule has 0 aliphatic rings. The molecule has 0 spiro atoms. The summed E-state index contributed by atoms with van der Waals surface area (Å²) in [6.45, 7) is 3.27. The molecule has 2 aromatic heterocycles. The Morgan fingerprint density at radius 2 is 2.00 bits per heavy atom. The molecular weight excluding hydrogens is 342 g/mol.